The molecule has 2 atom stereocenters. The molecule has 0 heterocycles. The lowest BCUT2D eigenvalue weighted by Crippen LogP contribution is -2.15. The van der Waals surface area contributed by atoms with E-state index in [-0.39, 0.29) is 5.92 Å². The van der Waals surface area contributed by atoms with Gasteiger partial charge in [0, 0.05) is 5.92 Å². The van der Waals surface area contributed by atoms with E-state index in [9.17, 15) is 4.79 Å². The van der Waals surface area contributed by atoms with E-state index in [0.717, 1.165) is 47.1 Å². The maximum atomic E-state index is 12.6. The summed E-state index contributed by atoms with van der Waals surface area (Å²) < 4.78 is 5.40. The summed E-state index contributed by atoms with van der Waals surface area (Å²) in [5.74, 6) is 2.98. The molecule has 0 aromatic heterocycles. The Labute approximate surface area is 108 Å². The molecule has 0 radical (unpaired) electrons. The Kier molecular flexibility index (Phi) is 2.69. The summed E-state index contributed by atoms with van der Waals surface area (Å²) in [4.78, 5) is 12.6. The first-order valence-corrected chi connectivity index (χ1v) is 6.79. The Hall–Kier alpha value is -1.31. The van der Waals surface area contributed by atoms with Crippen LogP contribution >= 0.6 is 0 Å². The second kappa shape index (κ2) is 4.11. The summed E-state index contributed by atoms with van der Waals surface area (Å²) in [5.41, 5.74) is 3.02. The molecule has 1 aromatic carbocycles. The van der Waals surface area contributed by atoms with Crippen LogP contribution in [-0.2, 0) is 0 Å². The second-order valence-corrected chi connectivity index (χ2v) is 5.95. The smallest absolute Gasteiger partial charge is 0.169 e. The van der Waals surface area contributed by atoms with Crippen molar-refractivity contribution < 1.29 is 9.53 Å². The van der Waals surface area contributed by atoms with Crippen molar-refractivity contribution in [3.63, 3.8) is 0 Å². The lowest BCUT2D eigenvalue weighted by atomic mass is 9.89. The van der Waals surface area contributed by atoms with Crippen molar-refractivity contribution in [2.75, 3.05) is 7.11 Å². The van der Waals surface area contributed by atoms with E-state index >= 15 is 0 Å². The summed E-state index contributed by atoms with van der Waals surface area (Å²) >= 11 is 0. The van der Waals surface area contributed by atoms with E-state index in [1.807, 2.05) is 19.9 Å². The Bertz CT molecular complexity index is 494. The van der Waals surface area contributed by atoms with Gasteiger partial charge in [0.1, 0.15) is 5.75 Å². The van der Waals surface area contributed by atoms with Gasteiger partial charge in [0.15, 0.2) is 5.78 Å². The highest BCUT2D eigenvalue weighted by molar-refractivity contribution is 6.02. The fourth-order valence-electron chi connectivity index (χ4n) is 3.54. The van der Waals surface area contributed by atoms with Crippen molar-refractivity contribution in [1.29, 1.82) is 0 Å². The second-order valence-electron chi connectivity index (χ2n) is 5.95. The number of hydrogen-bond acceptors (Lipinski definition) is 2. The first-order chi connectivity index (χ1) is 8.60. The number of rotatable bonds is 3. The lowest BCUT2D eigenvalue weighted by molar-refractivity contribution is 0.0910. The molecular formula is C16H20O2. The molecule has 0 saturated heterocycles. The molecule has 2 unspecified atom stereocenters. The Morgan fingerprint density at radius 3 is 2.44 bits per heavy atom. The van der Waals surface area contributed by atoms with Crippen LogP contribution in [0.3, 0.4) is 0 Å². The minimum absolute atomic E-state index is 0.240. The fourth-order valence-corrected chi connectivity index (χ4v) is 3.54. The van der Waals surface area contributed by atoms with Crippen LogP contribution < -0.4 is 4.74 Å². The zero-order valence-electron chi connectivity index (χ0n) is 11.3. The van der Waals surface area contributed by atoms with E-state index < -0.39 is 0 Å². The number of Topliss-reactive ketones (excluding diaryl/α,β-unsaturated/α-hetero) is 1. The zero-order chi connectivity index (χ0) is 12.9. The Balaban J connectivity index is 1.92. The molecule has 0 aliphatic heterocycles. The van der Waals surface area contributed by atoms with Crippen LogP contribution in [0.2, 0.25) is 0 Å². The topological polar surface area (TPSA) is 26.3 Å². The van der Waals surface area contributed by atoms with E-state index in [4.69, 9.17) is 4.74 Å². The lowest BCUT2D eigenvalue weighted by Gasteiger charge is -2.16. The first kappa shape index (κ1) is 11.8. The monoisotopic (exact) mass is 244 g/mol. The number of carbonyl (C=O) groups is 1. The number of hydrogen-bond donors (Lipinski definition) is 0. The van der Waals surface area contributed by atoms with Gasteiger partial charge in [-0.1, -0.05) is 6.07 Å². The SMILES string of the molecule is COc1cc(C)cc(C)c1C(=O)C1CC2CC2C1. The van der Waals surface area contributed by atoms with Gasteiger partial charge in [-0.05, 0) is 62.1 Å². The molecule has 0 bridgehead atoms. The van der Waals surface area contributed by atoms with Gasteiger partial charge >= 0.3 is 0 Å². The molecule has 2 heteroatoms. The minimum Gasteiger partial charge on any atom is -0.496 e. The average Bonchev–Trinajstić information content (AvgIpc) is 2.94. The van der Waals surface area contributed by atoms with Crippen LogP contribution in [-0.4, -0.2) is 12.9 Å². The third kappa shape index (κ3) is 1.84. The van der Waals surface area contributed by atoms with Crippen molar-refractivity contribution in [3.8, 4) is 5.75 Å². The predicted octanol–water partition coefficient (Wildman–Crippen LogP) is 3.54. The zero-order valence-corrected chi connectivity index (χ0v) is 11.3. The number of aryl methyl sites for hydroxylation is 2. The molecule has 2 aliphatic carbocycles. The average molecular weight is 244 g/mol. The van der Waals surface area contributed by atoms with Crippen molar-refractivity contribution in [1.82, 2.24) is 0 Å². The van der Waals surface area contributed by atoms with Gasteiger partial charge in [-0.3, -0.25) is 4.79 Å². The third-order valence-electron chi connectivity index (χ3n) is 4.52. The highest BCUT2D eigenvalue weighted by atomic mass is 16.5. The number of ether oxygens (including phenoxy) is 1. The highest BCUT2D eigenvalue weighted by Gasteiger charge is 2.48. The summed E-state index contributed by atoms with van der Waals surface area (Å²) in [6.45, 7) is 4.05. The predicted molar refractivity (Wildman–Crippen MR) is 71.1 cm³/mol. The van der Waals surface area contributed by atoms with Crippen molar-refractivity contribution in [3.05, 3.63) is 28.8 Å². The van der Waals surface area contributed by atoms with Gasteiger partial charge in [0.25, 0.3) is 0 Å². The number of methoxy groups -OCH3 is 1. The van der Waals surface area contributed by atoms with Crippen LogP contribution in [0.1, 0.15) is 40.7 Å². The molecule has 3 rings (SSSR count). The fraction of sp³-hybridized carbons (Fsp3) is 0.562. The molecule has 2 aliphatic rings. The molecule has 2 saturated carbocycles. The van der Waals surface area contributed by atoms with Crippen LogP contribution in [0.25, 0.3) is 0 Å². The highest BCUT2D eigenvalue weighted by Crippen LogP contribution is 2.55. The molecule has 96 valence electrons. The third-order valence-corrected chi connectivity index (χ3v) is 4.52. The number of benzene rings is 1. The molecular weight excluding hydrogens is 224 g/mol. The molecule has 1 aromatic rings. The minimum atomic E-state index is 0.240. The number of fused-ring (bicyclic) bond motifs is 1. The van der Waals surface area contributed by atoms with E-state index in [0.29, 0.717) is 5.78 Å². The van der Waals surface area contributed by atoms with Gasteiger partial charge in [-0.25, -0.2) is 0 Å². The van der Waals surface area contributed by atoms with Crippen LogP contribution in [0.4, 0.5) is 0 Å². The molecule has 2 nitrogen and oxygen atoms in total. The first-order valence-electron chi connectivity index (χ1n) is 6.79. The molecule has 0 N–H and O–H groups in total. The van der Waals surface area contributed by atoms with Crippen molar-refractivity contribution >= 4 is 5.78 Å². The quantitative estimate of drug-likeness (QED) is 0.760. The molecule has 18 heavy (non-hydrogen) atoms. The molecule has 2 fully saturated rings. The Morgan fingerprint density at radius 2 is 1.83 bits per heavy atom. The summed E-state index contributed by atoms with van der Waals surface area (Å²) in [5, 5.41) is 0. The number of carbonyl (C=O) groups excluding carboxylic acids is 1. The van der Waals surface area contributed by atoms with Crippen LogP contribution in [0.5, 0.6) is 5.75 Å². The van der Waals surface area contributed by atoms with Crippen LogP contribution in [0.15, 0.2) is 12.1 Å². The van der Waals surface area contributed by atoms with E-state index in [1.165, 1.54) is 6.42 Å². The largest absolute Gasteiger partial charge is 0.496 e. The van der Waals surface area contributed by atoms with Crippen molar-refractivity contribution in [2.24, 2.45) is 17.8 Å². The van der Waals surface area contributed by atoms with Gasteiger partial charge in [-0.2, -0.15) is 0 Å². The van der Waals surface area contributed by atoms with Gasteiger partial charge < -0.3 is 4.74 Å². The summed E-state index contributed by atoms with van der Waals surface area (Å²) in [6.07, 6.45) is 3.55. The summed E-state index contributed by atoms with van der Waals surface area (Å²) in [7, 11) is 1.65. The van der Waals surface area contributed by atoms with E-state index in [1.54, 1.807) is 7.11 Å². The normalized spacial score (nSPS) is 28.9. The Morgan fingerprint density at radius 1 is 1.17 bits per heavy atom. The molecule has 0 spiro atoms. The van der Waals surface area contributed by atoms with Gasteiger partial charge in [0.2, 0.25) is 0 Å². The maximum absolute atomic E-state index is 12.6. The summed E-state index contributed by atoms with van der Waals surface area (Å²) in [6, 6.07) is 4.04. The van der Waals surface area contributed by atoms with Gasteiger partial charge in [0.05, 0.1) is 12.7 Å². The van der Waals surface area contributed by atoms with E-state index in [2.05, 4.69) is 6.07 Å². The maximum Gasteiger partial charge on any atom is 0.169 e. The van der Waals surface area contributed by atoms with Crippen molar-refractivity contribution in [2.45, 2.75) is 33.1 Å². The van der Waals surface area contributed by atoms with Crippen LogP contribution in [0, 0.1) is 31.6 Å². The standard InChI is InChI=1S/C16H20O2/c1-9-4-10(2)15(14(5-9)18-3)16(17)13-7-11-6-12(11)8-13/h4-5,11-13H,6-8H2,1-3H3. The molecule has 0 amide bonds. The van der Waals surface area contributed by atoms with Gasteiger partial charge in [-0.15, -0.1) is 0 Å². The number of ketones is 1.